The van der Waals surface area contributed by atoms with Crippen LogP contribution in [0.2, 0.25) is 0 Å². The number of amides is 2. The summed E-state index contributed by atoms with van der Waals surface area (Å²) in [5.74, 6) is -0.523. The van der Waals surface area contributed by atoms with Gasteiger partial charge in [0.05, 0.1) is 9.82 Å². The molecule has 10 nitrogen and oxygen atoms in total. The van der Waals surface area contributed by atoms with Crippen molar-refractivity contribution in [2.75, 3.05) is 31.2 Å². The molecule has 0 saturated heterocycles. The van der Waals surface area contributed by atoms with Crippen molar-refractivity contribution in [1.82, 2.24) is 10.6 Å². The molecule has 156 valence electrons. The molecule has 1 heterocycles. The quantitative estimate of drug-likeness (QED) is 0.287. The number of anilines is 1. The van der Waals surface area contributed by atoms with Gasteiger partial charge in [0.15, 0.2) is 9.84 Å². The van der Waals surface area contributed by atoms with Crippen LogP contribution in [0.5, 0.6) is 0 Å². The molecule has 0 aliphatic heterocycles. The molecule has 0 fully saturated rings. The zero-order chi connectivity index (χ0) is 21.4. The summed E-state index contributed by atoms with van der Waals surface area (Å²) in [7, 11) is -3.56. The Balaban J connectivity index is 1.76. The molecule has 0 aliphatic carbocycles. The van der Waals surface area contributed by atoms with Gasteiger partial charge < -0.3 is 16.0 Å². The lowest BCUT2D eigenvalue weighted by atomic mass is 10.2. The molecular formula is C17H20N4O6S2. The first-order valence-corrected chi connectivity index (χ1v) is 11.3. The SMILES string of the molecule is CS(=O)(=O)c1ccc(NCCNC(=O)CCNC(=O)c2ccsc2)c([N+](=O)[O-])c1. The van der Waals surface area contributed by atoms with Crippen LogP contribution in [0, 0.1) is 10.1 Å². The minimum absolute atomic E-state index is 0.0963. The van der Waals surface area contributed by atoms with Crippen LogP contribution in [0.4, 0.5) is 11.4 Å². The van der Waals surface area contributed by atoms with Crippen molar-refractivity contribution in [2.24, 2.45) is 0 Å². The van der Waals surface area contributed by atoms with Crippen LogP contribution < -0.4 is 16.0 Å². The smallest absolute Gasteiger partial charge is 0.293 e. The fraction of sp³-hybridized carbons (Fsp3) is 0.294. The number of carbonyl (C=O) groups excluding carboxylic acids is 2. The van der Waals surface area contributed by atoms with E-state index in [0.29, 0.717) is 5.56 Å². The van der Waals surface area contributed by atoms with E-state index in [1.807, 2.05) is 0 Å². The summed E-state index contributed by atoms with van der Waals surface area (Å²) in [5.41, 5.74) is 0.332. The number of rotatable bonds is 10. The first-order valence-electron chi connectivity index (χ1n) is 8.48. The Kier molecular flexibility index (Phi) is 7.67. The maximum atomic E-state index is 11.8. The highest BCUT2D eigenvalue weighted by Gasteiger charge is 2.18. The molecule has 0 atom stereocenters. The molecule has 29 heavy (non-hydrogen) atoms. The third kappa shape index (κ3) is 6.84. The molecule has 2 rings (SSSR count). The van der Waals surface area contributed by atoms with Crippen LogP contribution in [0.3, 0.4) is 0 Å². The van der Waals surface area contributed by atoms with E-state index in [2.05, 4.69) is 16.0 Å². The molecule has 0 aliphatic rings. The van der Waals surface area contributed by atoms with E-state index in [4.69, 9.17) is 0 Å². The fourth-order valence-corrected chi connectivity index (χ4v) is 3.59. The largest absolute Gasteiger partial charge is 0.378 e. The summed E-state index contributed by atoms with van der Waals surface area (Å²) >= 11 is 1.41. The summed E-state index contributed by atoms with van der Waals surface area (Å²) in [6.45, 7) is 0.584. The van der Waals surface area contributed by atoms with Crippen LogP contribution in [-0.2, 0) is 14.6 Å². The summed E-state index contributed by atoms with van der Waals surface area (Å²) < 4.78 is 23.1. The molecule has 2 aromatic rings. The Bertz CT molecular complexity index is 989. The van der Waals surface area contributed by atoms with Gasteiger partial charge in [-0.1, -0.05) is 0 Å². The van der Waals surface area contributed by atoms with Crippen LogP contribution >= 0.6 is 11.3 Å². The number of nitro benzene ring substituents is 1. The molecular weight excluding hydrogens is 420 g/mol. The summed E-state index contributed by atoms with van der Waals surface area (Å²) in [5, 5.41) is 22.7. The lowest BCUT2D eigenvalue weighted by molar-refractivity contribution is -0.384. The monoisotopic (exact) mass is 440 g/mol. The number of thiophene rings is 1. The number of nitrogens with zero attached hydrogens (tertiary/aromatic N) is 1. The number of nitro groups is 1. The Labute approximate surface area is 171 Å². The van der Waals surface area contributed by atoms with Gasteiger partial charge in [0, 0.05) is 49.3 Å². The Morgan fingerprint density at radius 1 is 1.14 bits per heavy atom. The Hall–Kier alpha value is -2.99. The second-order valence-electron chi connectivity index (χ2n) is 6.00. The van der Waals surface area contributed by atoms with Gasteiger partial charge in [-0.15, -0.1) is 0 Å². The van der Waals surface area contributed by atoms with Crippen molar-refractivity contribution < 1.29 is 22.9 Å². The van der Waals surface area contributed by atoms with E-state index in [1.54, 1.807) is 16.8 Å². The lowest BCUT2D eigenvalue weighted by Gasteiger charge is -2.10. The van der Waals surface area contributed by atoms with E-state index >= 15 is 0 Å². The number of carbonyl (C=O) groups is 2. The van der Waals surface area contributed by atoms with Crippen molar-refractivity contribution in [3.05, 3.63) is 50.7 Å². The maximum absolute atomic E-state index is 11.8. The minimum atomic E-state index is -3.56. The molecule has 0 radical (unpaired) electrons. The van der Waals surface area contributed by atoms with Gasteiger partial charge in [-0.25, -0.2) is 8.42 Å². The maximum Gasteiger partial charge on any atom is 0.293 e. The molecule has 1 aromatic heterocycles. The number of benzene rings is 1. The standard InChI is InChI=1S/C17H20N4O6S2/c1-29(26,27)13-2-3-14(15(10-13)21(24)25)18-7-8-19-16(22)4-6-20-17(23)12-5-9-28-11-12/h2-3,5,9-11,18H,4,6-8H2,1H3,(H,19,22)(H,20,23). The second-order valence-corrected chi connectivity index (χ2v) is 8.80. The molecule has 0 spiro atoms. The van der Waals surface area contributed by atoms with Crippen LogP contribution in [-0.4, -0.2) is 51.0 Å². The Morgan fingerprint density at radius 3 is 2.52 bits per heavy atom. The van der Waals surface area contributed by atoms with Gasteiger partial charge in [0.25, 0.3) is 11.6 Å². The van der Waals surface area contributed by atoms with Crippen molar-refractivity contribution >= 4 is 44.4 Å². The van der Waals surface area contributed by atoms with E-state index in [1.165, 1.54) is 23.5 Å². The van der Waals surface area contributed by atoms with Crippen molar-refractivity contribution in [3.8, 4) is 0 Å². The van der Waals surface area contributed by atoms with Gasteiger partial charge in [-0.3, -0.25) is 19.7 Å². The van der Waals surface area contributed by atoms with Gasteiger partial charge in [0.1, 0.15) is 5.69 Å². The number of hydrogen-bond donors (Lipinski definition) is 3. The predicted molar refractivity (Wildman–Crippen MR) is 109 cm³/mol. The highest BCUT2D eigenvalue weighted by molar-refractivity contribution is 7.90. The number of sulfone groups is 1. The third-order valence-electron chi connectivity index (χ3n) is 3.78. The molecule has 12 heteroatoms. The molecule has 2 amide bonds. The van der Waals surface area contributed by atoms with Crippen LogP contribution in [0.15, 0.2) is 39.9 Å². The highest BCUT2D eigenvalue weighted by Crippen LogP contribution is 2.27. The second kappa shape index (κ2) is 9.98. The van der Waals surface area contributed by atoms with Crippen molar-refractivity contribution in [1.29, 1.82) is 0 Å². The number of nitrogens with one attached hydrogen (secondary N) is 3. The average molecular weight is 441 g/mol. The molecule has 0 unspecified atom stereocenters. The predicted octanol–water partition coefficient (Wildman–Crippen LogP) is 1.41. The summed E-state index contributed by atoms with van der Waals surface area (Å²) in [6, 6.07) is 5.27. The third-order valence-corrected chi connectivity index (χ3v) is 5.57. The van der Waals surface area contributed by atoms with Gasteiger partial charge in [-0.2, -0.15) is 11.3 Å². The minimum Gasteiger partial charge on any atom is -0.378 e. The molecule has 0 bridgehead atoms. The first kappa shape index (κ1) is 22.3. The molecule has 1 aromatic carbocycles. The molecule has 0 saturated carbocycles. The first-order chi connectivity index (χ1) is 13.7. The van der Waals surface area contributed by atoms with E-state index in [9.17, 15) is 28.1 Å². The zero-order valence-electron chi connectivity index (χ0n) is 15.5. The summed E-state index contributed by atoms with van der Waals surface area (Å²) in [4.78, 5) is 33.9. The Morgan fingerprint density at radius 2 is 1.90 bits per heavy atom. The number of hydrogen-bond acceptors (Lipinski definition) is 8. The van der Waals surface area contributed by atoms with Gasteiger partial charge >= 0.3 is 0 Å². The normalized spacial score (nSPS) is 10.9. The van der Waals surface area contributed by atoms with Gasteiger partial charge in [0.2, 0.25) is 5.91 Å². The lowest BCUT2D eigenvalue weighted by Crippen LogP contribution is -2.33. The zero-order valence-corrected chi connectivity index (χ0v) is 17.1. The van der Waals surface area contributed by atoms with Crippen LogP contribution in [0.1, 0.15) is 16.8 Å². The fourth-order valence-electron chi connectivity index (χ4n) is 2.32. The van der Waals surface area contributed by atoms with Crippen molar-refractivity contribution in [3.63, 3.8) is 0 Å². The van der Waals surface area contributed by atoms with E-state index in [0.717, 1.165) is 12.3 Å². The highest BCUT2D eigenvalue weighted by atomic mass is 32.2. The topological polar surface area (TPSA) is 148 Å². The summed E-state index contributed by atoms with van der Waals surface area (Å²) in [6.07, 6.45) is 1.07. The van der Waals surface area contributed by atoms with Gasteiger partial charge in [-0.05, 0) is 23.6 Å². The van der Waals surface area contributed by atoms with Crippen LogP contribution in [0.25, 0.3) is 0 Å². The average Bonchev–Trinajstić information content (AvgIpc) is 3.19. The van der Waals surface area contributed by atoms with E-state index < -0.39 is 14.8 Å². The van der Waals surface area contributed by atoms with E-state index in [-0.39, 0.29) is 54.1 Å². The molecule has 3 N–H and O–H groups in total. The van der Waals surface area contributed by atoms with Crippen molar-refractivity contribution in [2.45, 2.75) is 11.3 Å².